The molecular formula is C9H16O6. The average molecular weight is 220 g/mol. The van der Waals surface area contributed by atoms with Crippen molar-refractivity contribution >= 4 is 11.9 Å². The van der Waals surface area contributed by atoms with Crippen LogP contribution in [0.4, 0.5) is 0 Å². The highest BCUT2D eigenvalue weighted by Crippen LogP contribution is 2.11. The first-order valence-electron chi connectivity index (χ1n) is 4.60. The molecule has 0 aromatic heterocycles. The van der Waals surface area contributed by atoms with E-state index in [2.05, 4.69) is 9.47 Å². The van der Waals surface area contributed by atoms with Gasteiger partial charge in [-0.05, 0) is 13.3 Å². The molecule has 6 nitrogen and oxygen atoms in total. The Kier molecular flexibility index (Phi) is 6.64. The van der Waals surface area contributed by atoms with Gasteiger partial charge in [-0.25, -0.2) is 0 Å². The van der Waals surface area contributed by atoms with Gasteiger partial charge in [-0.15, -0.1) is 0 Å². The molecule has 0 radical (unpaired) electrons. The number of aliphatic hydroxyl groups excluding tert-OH is 2. The second kappa shape index (κ2) is 7.19. The Balaban J connectivity index is 4.43. The van der Waals surface area contributed by atoms with Gasteiger partial charge in [-0.1, -0.05) is 0 Å². The SMILES string of the molecule is CCOC(=O)C(CC(O)CO)C(=O)OC. The molecule has 2 N–H and O–H groups in total. The van der Waals surface area contributed by atoms with Crippen LogP contribution >= 0.6 is 0 Å². The predicted octanol–water partition coefficient (Wildman–Crippen LogP) is -0.918. The van der Waals surface area contributed by atoms with Crippen molar-refractivity contribution in [2.75, 3.05) is 20.3 Å². The van der Waals surface area contributed by atoms with Gasteiger partial charge < -0.3 is 19.7 Å². The van der Waals surface area contributed by atoms with Crippen LogP contribution in [0.1, 0.15) is 13.3 Å². The van der Waals surface area contributed by atoms with Crippen LogP contribution in [0.25, 0.3) is 0 Å². The van der Waals surface area contributed by atoms with Gasteiger partial charge in [-0.3, -0.25) is 9.59 Å². The topological polar surface area (TPSA) is 93.1 Å². The molecule has 2 atom stereocenters. The van der Waals surface area contributed by atoms with E-state index < -0.39 is 30.6 Å². The minimum atomic E-state index is -1.18. The quantitative estimate of drug-likeness (QED) is 0.444. The molecule has 0 saturated heterocycles. The van der Waals surface area contributed by atoms with Crippen LogP contribution in [-0.2, 0) is 19.1 Å². The van der Waals surface area contributed by atoms with Gasteiger partial charge in [0.25, 0.3) is 0 Å². The highest BCUT2D eigenvalue weighted by molar-refractivity contribution is 5.94. The minimum absolute atomic E-state index is 0.140. The maximum absolute atomic E-state index is 11.3. The molecule has 15 heavy (non-hydrogen) atoms. The number of rotatable bonds is 6. The Bertz CT molecular complexity index is 215. The maximum Gasteiger partial charge on any atom is 0.320 e. The van der Waals surface area contributed by atoms with Crippen molar-refractivity contribution in [1.82, 2.24) is 0 Å². The molecule has 0 aromatic rings. The van der Waals surface area contributed by atoms with Gasteiger partial charge in [-0.2, -0.15) is 0 Å². The predicted molar refractivity (Wildman–Crippen MR) is 49.8 cm³/mol. The Hall–Kier alpha value is -1.14. The summed E-state index contributed by atoms with van der Waals surface area (Å²) in [6, 6.07) is 0. The summed E-state index contributed by atoms with van der Waals surface area (Å²) in [6.45, 7) is 1.23. The average Bonchev–Trinajstić information content (AvgIpc) is 2.24. The molecule has 0 heterocycles. The van der Waals surface area contributed by atoms with Crippen LogP contribution in [0.15, 0.2) is 0 Å². The molecule has 0 aliphatic carbocycles. The Morgan fingerprint density at radius 2 is 1.93 bits per heavy atom. The molecule has 0 bridgehead atoms. The molecule has 0 aliphatic rings. The summed E-state index contributed by atoms with van der Waals surface area (Å²) < 4.78 is 9.03. The molecule has 0 fully saturated rings. The van der Waals surface area contributed by atoms with E-state index >= 15 is 0 Å². The summed E-state index contributed by atoms with van der Waals surface area (Å²) in [5, 5.41) is 17.7. The molecule has 2 unspecified atom stereocenters. The summed E-state index contributed by atoms with van der Waals surface area (Å²) in [5.41, 5.74) is 0. The molecular weight excluding hydrogens is 204 g/mol. The van der Waals surface area contributed by atoms with Crippen LogP contribution < -0.4 is 0 Å². The normalized spacial score (nSPS) is 14.1. The molecule has 6 heteroatoms. The zero-order valence-electron chi connectivity index (χ0n) is 8.80. The Labute approximate surface area is 87.8 Å². The first kappa shape index (κ1) is 13.9. The van der Waals surface area contributed by atoms with E-state index in [1.165, 1.54) is 0 Å². The zero-order valence-corrected chi connectivity index (χ0v) is 8.80. The number of aliphatic hydroxyl groups is 2. The standard InChI is InChI=1S/C9H16O6/c1-3-15-9(13)7(8(12)14-2)4-6(11)5-10/h6-7,10-11H,3-5H2,1-2H3. The van der Waals surface area contributed by atoms with Crippen molar-refractivity contribution in [1.29, 1.82) is 0 Å². The lowest BCUT2D eigenvalue weighted by molar-refractivity contribution is -0.162. The molecule has 0 aromatic carbocycles. The molecule has 0 rings (SSSR count). The van der Waals surface area contributed by atoms with Gasteiger partial charge in [0, 0.05) is 0 Å². The third-order valence-corrected chi connectivity index (χ3v) is 1.78. The van der Waals surface area contributed by atoms with Gasteiger partial charge in [0.15, 0.2) is 5.92 Å². The zero-order chi connectivity index (χ0) is 11.8. The monoisotopic (exact) mass is 220 g/mol. The Morgan fingerprint density at radius 1 is 1.33 bits per heavy atom. The van der Waals surface area contributed by atoms with E-state index in [-0.39, 0.29) is 13.0 Å². The fourth-order valence-electron chi connectivity index (χ4n) is 1.02. The second-order valence-electron chi connectivity index (χ2n) is 2.90. The van der Waals surface area contributed by atoms with Crippen LogP contribution in [-0.4, -0.2) is 48.6 Å². The third-order valence-electron chi connectivity index (χ3n) is 1.78. The van der Waals surface area contributed by atoms with Gasteiger partial charge >= 0.3 is 11.9 Å². The van der Waals surface area contributed by atoms with E-state index in [4.69, 9.17) is 10.2 Å². The number of hydrogen-bond acceptors (Lipinski definition) is 6. The van der Waals surface area contributed by atoms with Crippen molar-refractivity contribution in [2.45, 2.75) is 19.4 Å². The van der Waals surface area contributed by atoms with Gasteiger partial charge in [0.1, 0.15) is 0 Å². The van der Waals surface area contributed by atoms with Crippen LogP contribution in [0.5, 0.6) is 0 Å². The number of esters is 2. The molecule has 0 amide bonds. The molecule has 0 spiro atoms. The largest absolute Gasteiger partial charge is 0.468 e. The fraction of sp³-hybridized carbons (Fsp3) is 0.778. The summed E-state index contributed by atoms with van der Waals surface area (Å²) in [7, 11) is 1.14. The summed E-state index contributed by atoms with van der Waals surface area (Å²) >= 11 is 0. The van der Waals surface area contributed by atoms with Gasteiger partial charge in [0.2, 0.25) is 0 Å². The number of hydrogen-bond donors (Lipinski definition) is 2. The number of methoxy groups -OCH3 is 1. The van der Waals surface area contributed by atoms with Crippen molar-refractivity contribution in [3.63, 3.8) is 0 Å². The number of ether oxygens (including phenoxy) is 2. The Morgan fingerprint density at radius 3 is 2.33 bits per heavy atom. The number of carbonyl (C=O) groups excluding carboxylic acids is 2. The summed E-state index contributed by atoms with van der Waals surface area (Å²) in [6.07, 6.45) is -1.35. The minimum Gasteiger partial charge on any atom is -0.468 e. The van der Waals surface area contributed by atoms with E-state index in [0.29, 0.717) is 0 Å². The van der Waals surface area contributed by atoms with Crippen LogP contribution in [0.3, 0.4) is 0 Å². The van der Waals surface area contributed by atoms with Crippen molar-refractivity contribution in [3.8, 4) is 0 Å². The highest BCUT2D eigenvalue weighted by Gasteiger charge is 2.31. The smallest absolute Gasteiger partial charge is 0.320 e. The molecule has 0 aliphatic heterocycles. The van der Waals surface area contributed by atoms with Crippen LogP contribution in [0, 0.1) is 5.92 Å². The summed E-state index contributed by atoms with van der Waals surface area (Å²) in [4.78, 5) is 22.4. The molecule has 88 valence electrons. The first-order valence-corrected chi connectivity index (χ1v) is 4.60. The lowest BCUT2D eigenvalue weighted by Gasteiger charge is -2.15. The van der Waals surface area contributed by atoms with Crippen molar-refractivity contribution < 1.29 is 29.3 Å². The second-order valence-corrected chi connectivity index (χ2v) is 2.90. The van der Waals surface area contributed by atoms with E-state index in [9.17, 15) is 9.59 Å². The lowest BCUT2D eigenvalue weighted by atomic mass is 10.0. The maximum atomic E-state index is 11.3. The van der Waals surface area contributed by atoms with E-state index in [1.54, 1.807) is 6.92 Å². The first-order chi connectivity index (χ1) is 7.06. The van der Waals surface area contributed by atoms with Gasteiger partial charge in [0.05, 0.1) is 26.4 Å². The summed E-state index contributed by atoms with van der Waals surface area (Å²) in [5.74, 6) is -2.71. The molecule has 0 saturated carbocycles. The fourth-order valence-corrected chi connectivity index (χ4v) is 1.02. The van der Waals surface area contributed by atoms with E-state index in [1.807, 2.05) is 0 Å². The number of carbonyl (C=O) groups is 2. The van der Waals surface area contributed by atoms with Crippen LogP contribution in [0.2, 0.25) is 0 Å². The highest BCUT2D eigenvalue weighted by atomic mass is 16.5. The lowest BCUT2D eigenvalue weighted by Crippen LogP contribution is -2.32. The third kappa shape index (κ3) is 4.75. The van der Waals surface area contributed by atoms with Crippen molar-refractivity contribution in [2.24, 2.45) is 5.92 Å². The van der Waals surface area contributed by atoms with E-state index in [0.717, 1.165) is 7.11 Å². The van der Waals surface area contributed by atoms with Crippen molar-refractivity contribution in [3.05, 3.63) is 0 Å².